The Labute approximate surface area is 271 Å². The standard InChI is InChI=1S/C36H34ClF2N5O2/c1-22(38)35(45)44-18-4-9-24(44)20-41-32-27-13-12-26(25-10-2-7-23-8-3-11-29(37)30(23)25)31(39)33(27)42-34(28(32)19-40)46-21-36-14-5-16-43(36)17-6-15-36/h2-3,7-8,10-13,24H,1,4-6,9,14-18,20-21H2,(H,41,42)/t24-/m0/s1. The van der Waals surface area contributed by atoms with Crippen molar-refractivity contribution < 1.29 is 18.3 Å². The van der Waals surface area contributed by atoms with E-state index in [1.807, 2.05) is 30.3 Å². The third-order valence-electron chi connectivity index (χ3n) is 9.99. The molecule has 3 aromatic carbocycles. The van der Waals surface area contributed by atoms with Crippen LogP contribution in [-0.2, 0) is 4.79 Å². The molecule has 236 valence electrons. The van der Waals surface area contributed by atoms with Gasteiger partial charge in [0.25, 0.3) is 5.91 Å². The van der Waals surface area contributed by atoms with Crippen molar-refractivity contribution in [2.24, 2.45) is 0 Å². The summed E-state index contributed by atoms with van der Waals surface area (Å²) < 4.78 is 37.0. The summed E-state index contributed by atoms with van der Waals surface area (Å²) in [6.07, 6.45) is 5.53. The van der Waals surface area contributed by atoms with Gasteiger partial charge >= 0.3 is 0 Å². The maximum Gasteiger partial charge on any atom is 0.282 e. The van der Waals surface area contributed by atoms with Gasteiger partial charge in [0, 0.05) is 40.5 Å². The van der Waals surface area contributed by atoms with Crippen LogP contribution in [0.2, 0.25) is 5.02 Å². The summed E-state index contributed by atoms with van der Waals surface area (Å²) >= 11 is 6.61. The molecule has 3 fully saturated rings. The second-order valence-electron chi connectivity index (χ2n) is 12.5. The van der Waals surface area contributed by atoms with Crippen LogP contribution >= 0.6 is 11.6 Å². The van der Waals surface area contributed by atoms with Gasteiger partial charge in [-0.1, -0.05) is 54.6 Å². The number of anilines is 1. The van der Waals surface area contributed by atoms with Crippen molar-refractivity contribution in [2.75, 3.05) is 38.1 Å². The Morgan fingerprint density at radius 1 is 1.11 bits per heavy atom. The Kier molecular flexibility index (Phi) is 8.04. The molecule has 0 aliphatic carbocycles. The quantitative estimate of drug-likeness (QED) is 0.200. The normalized spacial score (nSPS) is 19.0. The first-order valence-corrected chi connectivity index (χ1v) is 16.2. The second-order valence-corrected chi connectivity index (χ2v) is 12.9. The van der Waals surface area contributed by atoms with Gasteiger partial charge in [0.05, 0.1) is 11.2 Å². The Bertz CT molecular complexity index is 1910. The lowest BCUT2D eigenvalue weighted by Crippen LogP contribution is -2.43. The minimum atomic E-state index is -1.01. The van der Waals surface area contributed by atoms with Gasteiger partial charge in [-0.25, -0.2) is 13.8 Å². The number of halogens is 3. The molecule has 1 atom stereocenters. The highest BCUT2D eigenvalue weighted by Gasteiger charge is 2.45. The minimum Gasteiger partial charge on any atom is -0.475 e. The number of pyridine rings is 1. The van der Waals surface area contributed by atoms with Gasteiger partial charge in [-0.2, -0.15) is 5.26 Å². The number of aromatic nitrogens is 1. The average Bonchev–Trinajstić information content (AvgIpc) is 3.79. The van der Waals surface area contributed by atoms with Crippen molar-refractivity contribution in [1.29, 1.82) is 5.26 Å². The van der Waals surface area contributed by atoms with Gasteiger partial charge in [0.2, 0.25) is 5.88 Å². The smallest absolute Gasteiger partial charge is 0.282 e. The SMILES string of the molecule is C=C(F)C(=O)N1CCC[C@H]1CNc1c(C#N)c(OCC23CCCN2CCC3)nc2c(F)c(-c3cccc4cccc(Cl)c34)ccc12. The maximum atomic E-state index is 16.8. The van der Waals surface area contributed by atoms with Gasteiger partial charge in [-0.3, -0.25) is 9.69 Å². The molecular weight excluding hydrogens is 608 g/mol. The molecule has 1 amide bonds. The molecule has 0 radical (unpaired) electrons. The van der Waals surface area contributed by atoms with Crippen molar-refractivity contribution >= 4 is 44.9 Å². The zero-order valence-corrected chi connectivity index (χ0v) is 26.2. The summed E-state index contributed by atoms with van der Waals surface area (Å²) in [4.78, 5) is 21.1. The van der Waals surface area contributed by atoms with E-state index >= 15 is 4.39 Å². The fourth-order valence-corrected chi connectivity index (χ4v) is 8.03. The van der Waals surface area contributed by atoms with E-state index in [9.17, 15) is 14.4 Å². The van der Waals surface area contributed by atoms with E-state index in [4.69, 9.17) is 16.3 Å². The van der Waals surface area contributed by atoms with Crippen LogP contribution in [-0.4, -0.2) is 65.1 Å². The first-order valence-electron chi connectivity index (χ1n) is 15.8. The second kappa shape index (κ2) is 12.2. The molecular formula is C36H34ClF2N5O2. The maximum absolute atomic E-state index is 16.8. The molecule has 0 saturated carbocycles. The van der Waals surface area contributed by atoms with Gasteiger partial charge in [0.15, 0.2) is 11.6 Å². The molecule has 0 unspecified atom stereocenters. The molecule has 3 saturated heterocycles. The first-order chi connectivity index (χ1) is 22.3. The highest BCUT2D eigenvalue weighted by atomic mass is 35.5. The Morgan fingerprint density at radius 2 is 1.87 bits per heavy atom. The van der Waals surface area contributed by atoms with Crippen molar-refractivity contribution in [2.45, 2.75) is 50.1 Å². The predicted octanol–water partition coefficient (Wildman–Crippen LogP) is 7.61. The van der Waals surface area contributed by atoms with Crippen LogP contribution in [0.4, 0.5) is 14.5 Å². The Balaban J connectivity index is 1.33. The lowest BCUT2D eigenvalue weighted by atomic mass is 9.95. The van der Waals surface area contributed by atoms with Gasteiger partial charge < -0.3 is 15.0 Å². The van der Waals surface area contributed by atoms with E-state index in [0.717, 1.165) is 49.5 Å². The predicted molar refractivity (Wildman–Crippen MR) is 176 cm³/mol. The van der Waals surface area contributed by atoms with Gasteiger partial charge in [0.1, 0.15) is 23.8 Å². The number of hydrogen-bond acceptors (Lipinski definition) is 6. The summed E-state index contributed by atoms with van der Waals surface area (Å²) in [6.45, 7) is 6.19. The number of likely N-dealkylation sites (tertiary alicyclic amines) is 1. The number of benzene rings is 3. The molecule has 7 nitrogen and oxygen atoms in total. The summed E-state index contributed by atoms with van der Waals surface area (Å²) in [6, 6.07) is 16.5. The number of nitrogens with one attached hydrogen (secondary N) is 1. The summed E-state index contributed by atoms with van der Waals surface area (Å²) in [5.74, 6) is -2.25. The molecule has 1 N–H and O–H groups in total. The van der Waals surface area contributed by atoms with E-state index in [1.54, 1.807) is 18.2 Å². The zero-order chi connectivity index (χ0) is 32.0. The number of ether oxygens (including phenoxy) is 1. The molecule has 10 heteroatoms. The van der Waals surface area contributed by atoms with Crippen LogP contribution < -0.4 is 10.1 Å². The van der Waals surface area contributed by atoms with Crippen LogP contribution in [0, 0.1) is 17.1 Å². The molecule has 3 aliphatic rings. The number of fused-ring (bicyclic) bond motifs is 3. The largest absolute Gasteiger partial charge is 0.475 e. The van der Waals surface area contributed by atoms with Gasteiger partial charge in [-0.05, 0) is 74.7 Å². The number of nitriles is 1. The molecule has 4 aromatic rings. The molecule has 1 aromatic heterocycles. The van der Waals surface area contributed by atoms with Crippen LogP contribution in [0.25, 0.3) is 32.8 Å². The van der Waals surface area contributed by atoms with E-state index in [-0.39, 0.29) is 35.1 Å². The number of carbonyl (C=O) groups is 1. The van der Waals surface area contributed by atoms with Gasteiger partial charge in [-0.15, -0.1) is 0 Å². The van der Waals surface area contributed by atoms with Crippen molar-refractivity contribution in [3.8, 4) is 23.1 Å². The fourth-order valence-electron chi connectivity index (χ4n) is 7.75. The van der Waals surface area contributed by atoms with E-state index in [0.29, 0.717) is 53.2 Å². The van der Waals surface area contributed by atoms with Crippen LogP contribution in [0.5, 0.6) is 5.88 Å². The van der Waals surface area contributed by atoms with E-state index in [2.05, 4.69) is 27.8 Å². The van der Waals surface area contributed by atoms with Crippen molar-refractivity contribution in [3.05, 3.63) is 77.3 Å². The first kappa shape index (κ1) is 30.4. The molecule has 0 spiro atoms. The average molecular weight is 642 g/mol. The Hall–Kier alpha value is -4.26. The summed E-state index contributed by atoms with van der Waals surface area (Å²) in [5.41, 5.74) is 1.43. The number of amides is 1. The third kappa shape index (κ3) is 5.14. The molecule has 0 bridgehead atoms. The molecule has 46 heavy (non-hydrogen) atoms. The summed E-state index contributed by atoms with van der Waals surface area (Å²) in [7, 11) is 0. The number of rotatable bonds is 8. The van der Waals surface area contributed by atoms with Crippen LogP contribution in [0.3, 0.4) is 0 Å². The number of hydrogen-bond donors (Lipinski definition) is 1. The lowest BCUT2D eigenvalue weighted by molar-refractivity contribution is -0.129. The van der Waals surface area contributed by atoms with Crippen molar-refractivity contribution in [3.63, 3.8) is 0 Å². The molecule has 7 rings (SSSR count). The molecule has 3 aliphatic heterocycles. The lowest BCUT2D eigenvalue weighted by Gasteiger charge is -2.31. The highest BCUT2D eigenvalue weighted by molar-refractivity contribution is 6.36. The monoisotopic (exact) mass is 641 g/mol. The number of carbonyl (C=O) groups excluding carboxylic acids is 1. The Morgan fingerprint density at radius 3 is 2.61 bits per heavy atom. The fraction of sp³-hybridized carbons (Fsp3) is 0.361. The van der Waals surface area contributed by atoms with Crippen LogP contribution in [0.15, 0.2) is 60.9 Å². The highest BCUT2D eigenvalue weighted by Crippen LogP contribution is 2.42. The zero-order valence-electron chi connectivity index (χ0n) is 25.4. The third-order valence-corrected chi connectivity index (χ3v) is 10.3. The topological polar surface area (TPSA) is 81.5 Å². The summed E-state index contributed by atoms with van der Waals surface area (Å²) in [5, 5.41) is 16.3. The molecule has 4 heterocycles. The van der Waals surface area contributed by atoms with E-state index in [1.165, 1.54) is 4.90 Å². The van der Waals surface area contributed by atoms with Crippen molar-refractivity contribution in [1.82, 2.24) is 14.8 Å². The van der Waals surface area contributed by atoms with E-state index < -0.39 is 17.6 Å². The van der Waals surface area contributed by atoms with Crippen LogP contribution in [0.1, 0.15) is 44.1 Å². The minimum absolute atomic E-state index is 0.0572. The number of nitrogens with zero attached hydrogens (tertiary/aromatic N) is 4.